The van der Waals surface area contributed by atoms with Crippen LogP contribution in [-0.2, 0) is 0 Å². The summed E-state index contributed by atoms with van der Waals surface area (Å²) in [5, 5.41) is 18.5. The van der Waals surface area contributed by atoms with Gasteiger partial charge in [-0.2, -0.15) is 0 Å². The molecule has 3 aromatic heterocycles. The van der Waals surface area contributed by atoms with Crippen molar-refractivity contribution >= 4 is 59.9 Å². The molecule has 3 heterocycles. The molecule has 0 unspecified atom stereocenters. The summed E-state index contributed by atoms with van der Waals surface area (Å²) in [6, 6.07) is 60.5. The van der Waals surface area contributed by atoms with Gasteiger partial charge in [-0.15, -0.1) is 10.2 Å². The SMILES string of the molecule is c1ccc2c(-c3ccc4oc5c(-c6ccc(-c7nnc8c9ccccc9ccn78)cc6)cc(-c6cccc7ccccc67)cc5c4c3)cccc2c1. The molecular formula is C48H29N3O. The summed E-state index contributed by atoms with van der Waals surface area (Å²) in [5.74, 6) is 0.812. The fraction of sp³-hybridized carbons (Fsp3) is 0. The van der Waals surface area contributed by atoms with Crippen LogP contribution < -0.4 is 0 Å². The quantitative estimate of drug-likeness (QED) is 0.188. The molecule has 0 bridgehead atoms. The van der Waals surface area contributed by atoms with Crippen molar-refractivity contribution < 1.29 is 4.42 Å². The Labute approximate surface area is 298 Å². The van der Waals surface area contributed by atoms with E-state index >= 15 is 0 Å². The average Bonchev–Trinajstić information content (AvgIpc) is 3.82. The zero-order valence-corrected chi connectivity index (χ0v) is 28.0. The standard InChI is InChI=1S/C48H29N3O/c1-4-14-37-30(9-1)12-7-17-39(37)35-23-24-45-43(27-35)44-29-36(40-18-8-13-31-10-2-5-15-38(31)40)28-42(46(44)52-45)33-19-21-34(22-20-33)47-49-50-48-41-16-6-3-11-32(41)25-26-51(47)48/h1-29H. The summed E-state index contributed by atoms with van der Waals surface area (Å²) in [6.07, 6.45) is 2.05. The zero-order valence-electron chi connectivity index (χ0n) is 28.0. The molecule has 242 valence electrons. The van der Waals surface area contributed by atoms with E-state index < -0.39 is 0 Å². The summed E-state index contributed by atoms with van der Waals surface area (Å²) in [4.78, 5) is 0. The van der Waals surface area contributed by atoms with Crippen LogP contribution in [0.25, 0.3) is 105 Å². The Bertz CT molecular complexity index is 3180. The van der Waals surface area contributed by atoms with Gasteiger partial charge in [-0.25, -0.2) is 0 Å². The highest BCUT2D eigenvalue weighted by Gasteiger charge is 2.18. The smallest absolute Gasteiger partial charge is 0.168 e. The molecule has 0 saturated heterocycles. The Kier molecular flexibility index (Phi) is 6.22. The molecule has 0 atom stereocenters. The number of rotatable bonds is 4. The maximum absolute atomic E-state index is 6.77. The van der Waals surface area contributed by atoms with Crippen molar-refractivity contribution in [2.24, 2.45) is 0 Å². The largest absolute Gasteiger partial charge is 0.455 e. The molecule has 0 aliphatic carbocycles. The number of nitrogens with zero attached hydrogens (tertiary/aromatic N) is 3. The zero-order chi connectivity index (χ0) is 34.2. The molecule has 8 aromatic carbocycles. The van der Waals surface area contributed by atoms with Gasteiger partial charge in [0.05, 0.1) is 0 Å². The van der Waals surface area contributed by atoms with Crippen LogP contribution in [0.2, 0.25) is 0 Å². The molecule has 0 aliphatic rings. The first-order valence-corrected chi connectivity index (χ1v) is 17.6. The molecular weight excluding hydrogens is 635 g/mol. The van der Waals surface area contributed by atoms with E-state index in [0.717, 1.165) is 66.4 Å². The molecule has 0 fully saturated rings. The van der Waals surface area contributed by atoms with Crippen molar-refractivity contribution in [3.63, 3.8) is 0 Å². The molecule has 11 aromatic rings. The van der Waals surface area contributed by atoms with E-state index in [2.05, 4.69) is 179 Å². The monoisotopic (exact) mass is 663 g/mol. The minimum absolute atomic E-state index is 0.812. The molecule has 0 saturated carbocycles. The second-order valence-corrected chi connectivity index (χ2v) is 13.5. The second kappa shape index (κ2) is 11.2. The summed E-state index contributed by atoms with van der Waals surface area (Å²) < 4.78 is 8.84. The van der Waals surface area contributed by atoms with Crippen molar-refractivity contribution in [1.29, 1.82) is 0 Å². The molecule has 11 rings (SSSR count). The number of aromatic nitrogens is 3. The summed E-state index contributed by atoms with van der Waals surface area (Å²) in [6.45, 7) is 0. The van der Waals surface area contributed by atoms with Crippen molar-refractivity contribution in [1.82, 2.24) is 14.6 Å². The number of hydrogen-bond donors (Lipinski definition) is 0. The average molecular weight is 664 g/mol. The minimum Gasteiger partial charge on any atom is -0.455 e. The lowest BCUT2D eigenvalue weighted by Crippen LogP contribution is -1.90. The van der Waals surface area contributed by atoms with Crippen molar-refractivity contribution in [2.75, 3.05) is 0 Å². The molecule has 52 heavy (non-hydrogen) atoms. The highest BCUT2D eigenvalue weighted by atomic mass is 16.3. The Morgan fingerprint density at radius 2 is 0.962 bits per heavy atom. The molecule has 0 radical (unpaired) electrons. The Hall–Kier alpha value is -7.04. The van der Waals surface area contributed by atoms with Crippen LogP contribution in [0.5, 0.6) is 0 Å². The summed E-state index contributed by atoms with van der Waals surface area (Å²) in [5.41, 5.74) is 10.4. The van der Waals surface area contributed by atoms with Gasteiger partial charge in [0.15, 0.2) is 11.5 Å². The maximum Gasteiger partial charge on any atom is 0.168 e. The van der Waals surface area contributed by atoms with Gasteiger partial charge in [-0.1, -0.05) is 140 Å². The third-order valence-corrected chi connectivity index (χ3v) is 10.5. The van der Waals surface area contributed by atoms with Gasteiger partial charge in [0, 0.05) is 33.5 Å². The number of pyridine rings is 1. The van der Waals surface area contributed by atoms with Crippen molar-refractivity contribution in [2.45, 2.75) is 0 Å². The van der Waals surface area contributed by atoms with Gasteiger partial charge < -0.3 is 4.42 Å². The van der Waals surface area contributed by atoms with E-state index in [1.165, 1.54) is 38.2 Å². The normalized spacial score (nSPS) is 11.8. The summed E-state index contributed by atoms with van der Waals surface area (Å²) >= 11 is 0. The lowest BCUT2D eigenvalue weighted by molar-refractivity contribution is 0.670. The highest BCUT2D eigenvalue weighted by molar-refractivity contribution is 6.14. The molecule has 4 nitrogen and oxygen atoms in total. The van der Waals surface area contributed by atoms with Gasteiger partial charge in [0.2, 0.25) is 0 Å². The Morgan fingerprint density at radius 3 is 1.69 bits per heavy atom. The van der Waals surface area contributed by atoms with E-state index in [9.17, 15) is 0 Å². The Balaban J connectivity index is 1.11. The van der Waals surface area contributed by atoms with Crippen LogP contribution in [0.1, 0.15) is 0 Å². The number of furan rings is 1. The van der Waals surface area contributed by atoms with E-state index in [4.69, 9.17) is 4.42 Å². The van der Waals surface area contributed by atoms with Crippen LogP contribution in [-0.4, -0.2) is 14.6 Å². The maximum atomic E-state index is 6.77. The molecule has 0 aliphatic heterocycles. The Morgan fingerprint density at radius 1 is 0.385 bits per heavy atom. The predicted octanol–water partition coefficient (Wildman–Crippen LogP) is 12.8. The summed E-state index contributed by atoms with van der Waals surface area (Å²) in [7, 11) is 0. The molecule has 0 amide bonds. The lowest BCUT2D eigenvalue weighted by atomic mass is 9.92. The van der Waals surface area contributed by atoms with Crippen LogP contribution in [0, 0.1) is 0 Å². The van der Waals surface area contributed by atoms with Crippen molar-refractivity contribution in [3.05, 3.63) is 176 Å². The van der Waals surface area contributed by atoms with Crippen LogP contribution in [0.15, 0.2) is 180 Å². The van der Waals surface area contributed by atoms with E-state index in [1.807, 2.05) is 12.1 Å². The fourth-order valence-corrected chi connectivity index (χ4v) is 7.98. The topological polar surface area (TPSA) is 43.3 Å². The molecule has 4 heteroatoms. The third-order valence-electron chi connectivity index (χ3n) is 10.5. The first kappa shape index (κ1) is 28.8. The fourth-order valence-electron chi connectivity index (χ4n) is 7.98. The van der Waals surface area contributed by atoms with E-state index in [0.29, 0.717) is 0 Å². The number of hydrogen-bond acceptors (Lipinski definition) is 3. The number of benzene rings is 8. The highest BCUT2D eigenvalue weighted by Crippen LogP contribution is 2.43. The predicted molar refractivity (Wildman–Crippen MR) is 215 cm³/mol. The number of fused-ring (bicyclic) bond motifs is 8. The minimum atomic E-state index is 0.812. The van der Waals surface area contributed by atoms with Crippen LogP contribution >= 0.6 is 0 Å². The van der Waals surface area contributed by atoms with Gasteiger partial charge in [0.1, 0.15) is 11.2 Å². The molecule has 0 N–H and O–H groups in total. The van der Waals surface area contributed by atoms with E-state index in [1.54, 1.807) is 0 Å². The van der Waals surface area contributed by atoms with E-state index in [-0.39, 0.29) is 0 Å². The first-order chi connectivity index (χ1) is 25.8. The van der Waals surface area contributed by atoms with Crippen LogP contribution in [0.3, 0.4) is 0 Å². The van der Waals surface area contributed by atoms with Gasteiger partial charge in [0.25, 0.3) is 0 Å². The first-order valence-electron chi connectivity index (χ1n) is 17.6. The van der Waals surface area contributed by atoms with Crippen LogP contribution in [0.4, 0.5) is 0 Å². The van der Waals surface area contributed by atoms with Gasteiger partial charge in [-0.3, -0.25) is 4.40 Å². The third kappa shape index (κ3) is 4.41. The molecule has 0 spiro atoms. The lowest BCUT2D eigenvalue weighted by Gasteiger charge is -2.11. The second-order valence-electron chi connectivity index (χ2n) is 13.5. The van der Waals surface area contributed by atoms with Gasteiger partial charge in [-0.05, 0) is 85.1 Å². The van der Waals surface area contributed by atoms with Crippen molar-refractivity contribution in [3.8, 4) is 44.8 Å². The van der Waals surface area contributed by atoms with Gasteiger partial charge >= 0.3 is 0 Å².